The maximum Gasteiger partial charge on any atom is 0.241 e. The van der Waals surface area contributed by atoms with E-state index in [1.54, 1.807) is 18.5 Å². The maximum atomic E-state index is 13.0. The Bertz CT molecular complexity index is 999. The van der Waals surface area contributed by atoms with Crippen LogP contribution in [0.3, 0.4) is 0 Å². The zero-order valence-electron chi connectivity index (χ0n) is 13.1. The van der Waals surface area contributed by atoms with E-state index >= 15 is 0 Å². The van der Waals surface area contributed by atoms with Crippen LogP contribution in [0.25, 0.3) is 11.0 Å². The third kappa shape index (κ3) is 2.39. The van der Waals surface area contributed by atoms with Crippen molar-refractivity contribution >= 4 is 32.4 Å². The van der Waals surface area contributed by atoms with Gasteiger partial charge >= 0.3 is 0 Å². The SMILES string of the molecule is CN1CCN(S(=O)(=O)Cc2noc3ccccc23)c2cnccc21. The number of sulfonamides is 1. The van der Waals surface area contributed by atoms with Crippen LogP contribution >= 0.6 is 0 Å². The van der Waals surface area contributed by atoms with Crippen molar-refractivity contribution in [2.45, 2.75) is 5.75 Å². The molecule has 1 aromatic carbocycles. The van der Waals surface area contributed by atoms with Crippen LogP contribution in [0.1, 0.15) is 5.69 Å². The minimum Gasteiger partial charge on any atom is -0.371 e. The lowest BCUT2D eigenvalue weighted by atomic mass is 10.2. The second-order valence-corrected chi connectivity index (χ2v) is 7.63. The van der Waals surface area contributed by atoms with Crippen LogP contribution in [0.2, 0.25) is 0 Å². The molecular formula is C16H16N4O3S. The zero-order chi connectivity index (χ0) is 16.7. The van der Waals surface area contributed by atoms with E-state index in [9.17, 15) is 8.42 Å². The molecule has 0 fully saturated rings. The van der Waals surface area contributed by atoms with Crippen molar-refractivity contribution in [3.63, 3.8) is 0 Å². The number of rotatable bonds is 3. The minimum absolute atomic E-state index is 0.206. The predicted molar refractivity (Wildman–Crippen MR) is 91.5 cm³/mol. The summed E-state index contributed by atoms with van der Waals surface area (Å²) in [7, 11) is -1.65. The molecule has 4 rings (SSSR count). The lowest BCUT2D eigenvalue weighted by Gasteiger charge is -2.35. The highest BCUT2D eigenvalue weighted by Gasteiger charge is 2.31. The van der Waals surface area contributed by atoms with Gasteiger partial charge in [0.15, 0.2) is 5.58 Å². The third-order valence-corrected chi connectivity index (χ3v) is 5.89. The van der Waals surface area contributed by atoms with Crippen molar-refractivity contribution in [1.29, 1.82) is 0 Å². The van der Waals surface area contributed by atoms with Crippen molar-refractivity contribution in [2.75, 3.05) is 29.3 Å². The number of benzene rings is 1. The van der Waals surface area contributed by atoms with Crippen molar-refractivity contribution < 1.29 is 12.9 Å². The summed E-state index contributed by atoms with van der Waals surface area (Å²) >= 11 is 0. The molecular weight excluding hydrogens is 328 g/mol. The largest absolute Gasteiger partial charge is 0.371 e. The van der Waals surface area contributed by atoms with Gasteiger partial charge in [-0.3, -0.25) is 9.29 Å². The topological polar surface area (TPSA) is 79.5 Å². The van der Waals surface area contributed by atoms with Gasteiger partial charge in [0, 0.05) is 25.2 Å². The normalized spacial score (nSPS) is 14.9. The van der Waals surface area contributed by atoms with Gasteiger partial charge in [-0.2, -0.15) is 0 Å². The van der Waals surface area contributed by atoms with Crippen LogP contribution in [0.15, 0.2) is 47.2 Å². The standard InChI is InChI=1S/C16H16N4O3S/c1-19-8-9-20(15-10-17-7-6-14(15)19)24(21,22)11-13-12-4-2-3-5-16(12)23-18-13/h2-7,10H,8-9,11H2,1H3. The maximum absolute atomic E-state index is 13.0. The van der Waals surface area contributed by atoms with Gasteiger partial charge < -0.3 is 9.42 Å². The van der Waals surface area contributed by atoms with Gasteiger partial charge in [0.2, 0.25) is 10.0 Å². The second-order valence-electron chi connectivity index (χ2n) is 5.74. The Morgan fingerprint density at radius 3 is 2.88 bits per heavy atom. The first kappa shape index (κ1) is 14.9. The summed E-state index contributed by atoms with van der Waals surface area (Å²) in [6.45, 7) is 1.00. The van der Waals surface area contributed by atoms with Crippen LogP contribution in [0.5, 0.6) is 0 Å². The van der Waals surface area contributed by atoms with Crippen molar-refractivity contribution in [1.82, 2.24) is 10.1 Å². The van der Waals surface area contributed by atoms with Crippen LogP contribution in [0, 0.1) is 0 Å². The lowest BCUT2D eigenvalue weighted by Crippen LogP contribution is -2.43. The average molecular weight is 344 g/mol. The number of likely N-dealkylation sites (N-methyl/N-ethyl adjacent to an activating group) is 1. The monoisotopic (exact) mass is 344 g/mol. The molecule has 0 radical (unpaired) electrons. The molecule has 7 nitrogen and oxygen atoms in total. The second kappa shape index (κ2) is 5.48. The van der Waals surface area contributed by atoms with Crippen molar-refractivity contribution in [3.05, 3.63) is 48.4 Å². The summed E-state index contributed by atoms with van der Waals surface area (Å²) < 4.78 is 32.6. The van der Waals surface area contributed by atoms with Gasteiger partial charge in [0.25, 0.3) is 0 Å². The molecule has 0 aliphatic carbocycles. The predicted octanol–water partition coefficient (Wildman–Crippen LogP) is 2.01. The van der Waals surface area contributed by atoms with Crippen LogP contribution in [0.4, 0.5) is 11.4 Å². The fraction of sp³-hybridized carbons (Fsp3) is 0.250. The van der Waals surface area contributed by atoms with Crippen LogP contribution in [-0.4, -0.2) is 38.7 Å². The van der Waals surface area contributed by atoms with Crippen LogP contribution < -0.4 is 9.21 Å². The van der Waals surface area contributed by atoms with E-state index < -0.39 is 10.0 Å². The molecule has 0 atom stereocenters. The molecule has 0 saturated heterocycles. The summed E-state index contributed by atoms with van der Waals surface area (Å²) in [5.41, 5.74) is 2.46. The summed E-state index contributed by atoms with van der Waals surface area (Å²) in [6, 6.07) is 9.07. The number of fused-ring (bicyclic) bond motifs is 2. The Labute approximate surface area is 139 Å². The molecule has 0 spiro atoms. The van der Waals surface area contributed by atoms with E-state index in [0.29, 0.717) is 30.1 Å². The average Bonchev–Trinajstić information content (AvgIpc) is 2.98. The third-order valence-electron chi connectivity index (χ3n) is 4.20. The van der Waals surface area contributed by atoms with Gasteiger partial charge in [-0.1, -0.05) is 17.3 Å². The summed E-state index contributed by atoms with van der Waals surface area (Å²) in [5, 5.41) is 4.66. The number of hydrogen-bond donors (Lipinski definition) is 0. The molecule has 0 bridgehead atoms. The highest BCUT2D eigenvalue weighted by atomic mass is 32.2. The molecule has 0 saturated carbocycles. The Morgan fingerprint density at radius 1 is 1.17 bits per heavy atom. The highest BCUT2D eigenvalue weighted by molar-refractivity contribution is 7.92. The summed E-state index contributed by atoms with van der Waals surface area (Å²) in [4.78, 5) is 6.10. The Morgan fingerprint density at radius 2 is 2.00 bits per heavy atom. The molecule has 2 aromatic heterocycles. The molecule has 1 aliphatic rings. The van der Waals surface area contributed by atoms with E-state index in [0.717, 1.165) is 11.1 Å². The first-order valence-corrected chi connectivity index (χ1v) is 9.16. The number of hydrogen-bond acceptors (Lipinski definition) is 6. The zero-order valence-corrected chi connectivity index (χ0v) is 13.9. The van der Waals surface area contributed by atoms with E-state index in [1.165, 1.54) is 4.31 Å². The fourth-order valence-corrected chi connectivity index (χ4v) is 4.47. The number of anilines is 2. The van der Waals surface area contributed by atoms with Gasteiger partial charge in [-0.05, 0) is 18.2 Å². The lowest BCUT2D eigenvalue weighted by molar-refractivity contribution is 0.448. The van der Waals surface area contributed by atoms with Gasteiger partial charge in [-0.15, -0.1) is 0 Å². The Balaban J connectivity index is 1.72. The first-order chi connectivity index (χ1) is 11.6. The number of aromatic nitrogens is 2. The molecule has 124 valence electrons. The van der Waals surface area contributed by atoms with E-state index in [4.69, 9.17) is 4.52 Å². The van der Waals surface area contributed by atoms with Gasteiger partial charge in [-0.25, -0.2) is 8.42 Å². The number of para-hydroxylation sites is 1. The van der Waals surface area contributed by atoms with Gasteiger partial charge in [0.05, 0.1) is 24.1 Å². The van der Waals surface area contributed by atoms with Crippen molar-refractivity contribution in [3.8, 4) is 0 Å². The molecule has 3 aromatic rings. The van der Waals surface area contributed by atoms with E-state index in [1.807, 2.05) is 36.2 Å². The molecule has 0 amide bonds. The molecule has 24 heavy (non-hydrogen) atoms. The van der Waals surface area contributed by atoms with Crippen LogP contribution in [-0.2, 0) is 15.8 Å². The smallest absolute Gasteiger partial charge is 0.241 e. The van der Waals surface area contributed by atoms with E-state index in [2.05, 4.69) is 10.1 Å². The highest BCUT2D eigenvalue weighted by Crippen LogP contribution is 2.34. The minimum atomic E-state index is -3.59. The Kier molecular flexibility index (Phi) is 3.42. The summed E-state index contributed by atoms with van der Waals surface area (Å²) in [5.74, 6) is -0.206. The van der Waals surface area contributed by atoms with Crippen molar-refractivity contribution in [2.24, 2.45) is 0 Å². The molecule has 3 heterocycles. The quantitative estimate of drug-likeness (QED) is 0.723. The Hall–Kier alpha value is -2.61. The molecule has 8 heteroatoms. The van der Waals surface area contributed by atoms with Gasteiger partial charge in [0.1, 0.15) is 11.4 Å². The number of pyridine rings is 1. The molecule has 1 aliphatic heterocycles. The molecule has 0 N–H and O–H groups in total. The summed E-state index contributed by atoms with van der Waals surface area (Å²) in [6.07, 6.45) is 3.25. The molecule has 0 unspecified atom stereocenters. The number of nitrogens with zero attached hydrogens (tertiary/aromatic N) is 4. The fourth-order valence-electron chi connectivity index (χ4n) is 2.96. The van der Waals surface area contributed by atoms with E-state index in [-0.39, 0.29) is 5.75 Å². The first-order valence-electron chi connectivity index (χ1n) is 7.55.